The Hall–Kier alpha value is -2.54. The summed E-state index contributed by atoms with van der Waals surface area (Å²) in [6.45, 7) is 0. The van der Waals surface area contributed by atoms with E-state index in [0.717, 1.165) is 0 Å². The first-order valence-electron chi connectivity index (χ1n) is 7.36. The predicted octanol–water partition coefficient (Wildman–Crippen LogP) is 3.32. The number of ether oxygens (including phenoxy) is 1. The van der Waals surface area contributed by atoms with Crippen LogP contribution in [0.25, 0.3) is 0 Å². The van der Waals surface area contributed by atoms with Crippen LogP contribution in [0.4, 0.5) is 0 Å². The first kappa shape index (κ1) is 17.3. The van der Waals surface area contributed by atoms with Crippen molar-refractivity contribution in [1.29, 1.82) is 10.5 Å². The van der Waals surface area contributed by atoms with Crippen LogP contribution in [0.3, 0.4) is 0 Å². The monoisotopic (exact) mass is 372 g/mol. The third-order valence-corrected chi connectivity index (χ3v) is 6.95. The van der Waals surface area contributed by atoms with Crippen LogP contribution in [0.5, 0.6) is 5.75 Å². The summed E-state index contributed by atoms with van der Waals surface area (Å²) < 4.78 is 31.0. The molecule has 0 saturated heterocycles. The zero-order chi connectivity index (χ0) is 18.2. The second-order valence-corrected chi connectivity index (χ2v) is 8.27. The smallest absolute Gasteiger partial charge is 0.184 e. The molecule has 0 N–H and O–H groups in total. The van der Waals surface area contributed by atoms with E-state index in [1.165, 1.54) is 31.4 Å². The van der Waals surface area contributed by atoms with Crippen molar-refractivity contribution in [2.75, 3.05) is 7.11 Å². The van der Waals surface area contributed by atoms with Crippen LogP contribution >= 0.6 is 11.6 Å². The lowest BCUT2D eigenvalue weighted by atomic mass is 10.0. The standard InChI is InChI=1S/C18H13ClN2O3S/c1-24-14-6-2-12(3-7-14)16-17(18(16,10-20)11-21)25(22,23)15-8-4-13(19)5-9-15/h2-9,16-17H,1H3/t16-,17+/m1/s1. The van der Waals surface area contributed by atoms with Crippen molar-refractivity contribution in [3.8, 4) is 17.9 Å². The highest BCUT2D eigenvalue weighted by molar-refractivity contribution is 7.92. The number of rotatable bonds is 4. The second kappa shape index (κ2) is 6.07. The summed E-state index contributed by atoms with van der Waals surface area (Å²) in [4.78, 5) is 0.0489. The van der Waals surface area contributed by atoms with Crippen LogP contribution in [-0.4, -0.2) is 20.8 Å². The van der Waals surface area contributed by atoms with E-state index in [0.29, 0.717) is 16.3 Å². The number of halogens is 1. The number of hydrogen-bond acceptors (Lipinski definition) is 5. The number of nitrogens with zero attached hydrogens (tertiary/aromatic N) is 2. The Morgan fingerprint density at radius 3 is 2.08 bits per heavy atom. The molecule has 2 atom stereocenters. The van der Waals surface area contributed by atoms with Gasteiger partial charge in [0.2, 0.25) is 0 Å². The molecule has 126 valence electrons. The predicted molar refractivity (Wildman–Crippen MR) is 91.8 cm³/mol. The van der Waals surface area contributed by atoms with E-state index in [-0.39, 0.29) is 4.90 Å². The van der Waals surface area contributed by atoms with Crippen molar-refractivity contribution >= 4 is 21.4 Å². The zero-order valence-electron chi connectivity index (χ0n) is 13.2. The quantitative estimate of drug-likeness (QED) is 0.820. The zero-order valence-corrected chi connectivity index (χ0v) is 14.8. The van der Waals surface area contributed by atoms with Crippen LogP contribution in [0.2, 0.25) is 5.02 Å². The van der Waals surface area contributed by atoms with Crippen molar-refractivity contribution in [1.82, 2.24) is 0 Å². The van der Waals surface area contributed by atoms with Gasteiger partial charge in [0.15, 0.2) is 15.3 Å². The molecule has 1 aliphatic carbocycles. The van der Waals surface area contributed by atoms with Gasteiger partial charge in [-0.25, -0.2) is 8.42 Å². The van der Waals surface area contributed by atoms with Crippen LogP contribution in [0, 0.1) is 28.1 Å². The summed E-state index contributed by atoms with van der Waals surface area (Å²) in [7, 11) is -2.34. The highest BCUT2D eigenvalue weighted by Gasteiger charge is 2.73. The molecule has 2 aromatic rings. The molecule has 0 heterocycles. The third kappa shape index (κ3) is 2.64. The molecule has 0 spiro atoms. The van der Waals surface area contributed by atoms with Gasteiger partial charge < -0.3 is 4.74 Å². The van der Waals surface area contributed by atoms with E-state index in [1.54, 1.807) is 24.3 Å². The van der Waals surface area contributed by atoms with E-state index in [9.17, 15) is 18.9 Å². The van der Waals surface area contributed by atoms with Crippen molar-refractivity contribution < 1.29 is 13.2 Å². The molecule has 25 heavy (non-hydrogen) atoms. The molecular weight excluding hydrogens is 360 g/mol. The van der Waals surface area contributed by atoms with Crippen LogP contribution in [-0.2, 0) is 9.84 Å². The Balaban J connectivity index is 2.06. The lowest BCUT2D eigenvalue weighted by Gasteiger charge is -2.05. The van der Waals surface area contributed by atoms with E-state index in [1.807, 2.05) is 12.1 Å². The molecule has 0 unspecified atom stereocenters. The van der Waals surface area contributed by atoms with Gasteiger partial charge in [-0.2, -0.15) is 10.5 Å². The minimum absolute atomic E-state index is 0.0489. The van der Waals surface area contributed by atoms with Gasteiger partial charge >= 0.3 is 0 Å². The number of nitriles is 2. The van der Waals surface area contributed by atoms with Gasteiger partial charge in [0.25, 0.3) is 0 Å². The maximum absolute atomic E-state index is 13.0. The Bertz CT molecular complexity index is 973. The molecule has 0 aliphatic heterocycles. The molecule has 2 aromatic carbocycles. The van der Waals surface area contributed by atoms with Crippen molar-refractivity contribution in [3.05, 3.63) is 59.1 Å². The summed E-state index contributed by atoms with van der Waals surface area (Å²) >= 11 is 5.81. The minimum atomic E-state index is -3.86. The van der Waals surface area contributed by atoms with E-state index in [2.05, 4.69) is 0 Å². The SMILES string of the molecule is COc1ccc([C@@H]2[C@H](S(=O)(=O)c3ccc(Cl)cc3)C2(C#N)C#N)cc1. The molecule has 7 heteroatoms. The van der Waals surface area contributed by atoms with Crippen LogP contribution in [0.1, 0.15) is 11.5 Å². The Labute approximate surface area is 150 Å². The minimum Gasteiger partial charge on any atom is -0.497 e. The van der Waals surface area contributed by atoms with Crippen LogP contribution in [0.15, 0.2) is 53.4 Å². The highest BCUT2D eigenvalue weighted by Crippen LogP contribution is 2.63. The average Bonchev–Trinajstić information content (AvgIpc) is 3.33. The molecule has 0 radical (unpaired) electrons. The van der Waals surface area contributed by atoms with Crippen molar-refractivity contribution in [3.63, 3.8) is 0 Å². The third-order valence-electron chi connectivity index (χ3n) is 4.45. The molecule has 1 fully saturated rings. The van der Waals surface area contributed by atoms with E-state index >= 15 is 0 Å². The topological polar surface area (TPSA) is 90.9 Å². The number of hydrogen-bond donors (Lipinski definition) is 0. The maximum Gasteiger partial charge on any atom is 0.184 e. The fourth-order valence-corrected chi connectivity index (χ4v) is 5.42. The van der Waals surface area contributed by atoms with Gasteiger partial charge in [-0.3, -0.25) is 0 Å². The van der Waals surface area contributed by atoms with E-state index < -0.39 is 26.4 Å². The number of sulfone groups is 1. The summed E-state index contributed by atoms with van der Waals surface area (Å²) in [5.41, 5.74) is -0.987. The normalized spacial score (nSPS) is 21.0. The average molecular weight is 373 g/mol. The summed E-state index contributed by atoms with van der Waals surface area (Å²) in [5, 5.41) is 18.4. The summed E-state index contributed by atoms with van der Waals surface area (Å²) in [5.74, 6) is -0.102. The second-order valence-electron chi connectivity index (χ2n) is 5.76. The van der Waals surface area contributed by atoms with Gasteiger partial charge in [-0.1, -0.05) is 23.7 Å². The highest BCUT2D eigenvalue weighted by atomic mass is 35.5. The lowest BCUT2D eigenvalue weighted by molar-refractivity contribution is 0.414. The molecule has 0 amide bonds. The maximum atomic E-state index is 13.0. The first-order valence-corrected chi connectivity index (χ1v) is 9.29. The molecular formula is C18H13ClN2O3S. The molecule has 1 aliphatic rings. The first-order chi connectivity index (χ1) is 11.9. The van der Waals surface area contributed by atoms with Gasteiger partial charge in [-0.05, 0) is 42.0 Å². The molecule has 3 rings (SSSR count). The van der Waals surface area contributed by atoms with Gasteiger partial charge in [-0.15, -0.1) is 0 Å². The van der Waals surface area contributed by atoms with Crippen molar-refractivity contribution in [2.24, 2.45) is 5.41 Å². The summed E-state index contributed by atoms with van der Waals surface area (Å²) in [6, 6.07) is 16.3. The molecule has 5 nitrogen and oxygen atoms in total. The van der Waals surface area contributed by atoms with Crippen LogP contribution < -0.4 is 4.74 Å². The van der Waals surface area contributed by atoms with Gasteiger partial charge in [0, 0.05) is 10.9 Å². The fraction of sp³-hybridized carbons (Fsp3) is 0.222. The van der Waals surface area contributed by atoms with E-state index in [4.69, 9.17) is 16.3 Å². The summed E-state index contributed by atoms with van der Waals surface area (Å²) in [6.07, 6.45) is 0. The lowest BCUT2D eigenvalue weighted by Crippen LogP contribution is -2.14. The molecule has 0 aromatic heterocycles. The number of methoxy groups -OCH3 is 1. The largest absolute Gasteiger partial charge is 0.497 e. The fourth-order valence-electron chi connectivity index (χ4n) is 3.09. The number of benzene rings is 2. The Kier molecular flexibility index (Phi) is 4.20. The van der Waals surface area contributed by atoms with Gasteiger partial charge in [0.05, 0.1) is 24.1 Å². The van der Waals surface area contributed by atoms with Gasteiger partial charge in [0.1, 0.15) is 11.0 Å². The molecule has 1 saturated carbocycles. The Morgan fingerprint density at radius 1 is 1.04 bits per heavy atom. The molecule has 0 bridgehead atoms. The Morgan fingerprint density at radius 2 is 1.60 bits per heavy atom. The van der Waals surface area contributed by atoms with Crippen molar-refractivity contribution in [2.45, 2.75) is 16.1 Å².